The molecular weight excluding hydrogens is 449 g/mol. The molecular formula is C25H26FN7O2. The van der Waals surface area contributed by atoms with E-state index < -0.39 is 0 Å². The van der Waals surface area contributed by atoms with Gasteiger partial charge in [-0.1, -0.05) is 0 Å². The van der Waals surface area contributed by atoms with Gasteiger partial charge in [-0.05, 0) is 36.8 Å². The zero-order valence-corrected chi connectivity index (χ0v) is 19.4. The van der Waals surface area contributed by atoms with Crippen molar-refractivity contribution >= 4 is 22.5 Å². The number of nitrogens with one attached hydrogen (secondary N) is 1. The third-order valence-corrected chi connectivity index (χ3v) is 6.60. The van der Waals surface area contributed by atoms with Crippen LogP contribution in [-0.4, -0.2) is 77.3 Å². The third kappa shape index (κ3) is 3.98. The van der Waals surface area contributed by atoms with E-state index in [2.05, 4.69) is 32.0 Å². The van der Waals surface area contributed by atoms with Crippen LogP contribution in [0.25, 0.3) is 33.4 Å². The van der Waals surface area contributed by atoms with Gasteiger partial charge in [0.1, 0.15) is 17.0 Å². The van der Waals surface area contributed by atoms with E-state index in [9.17, 15) is 0 Å². The van der Waals surface area contributed by atoms with Gasteiger partial charge in [0.15, 0.2) is 11.6 Å². The van der Waals surface area contributed by atoms with E-state index in [4.69, 9.17) is 14.5 Å². The number of nitrogens with zero attached hydrogens (tertiary/aromatic N) is 6. The lowest BCUT2D eigenvalue weighted by Gasteiger charge is -2.34. The van der Waals surface area contributed by atoms with Gasteiger partial charge in [0.25, 0.3) is 0 Å². The van der Waals surface area contributed by atoms with Crippen LogP contribution in [0.4, 0.5) is 16.0 Å². The highest BCUT2D eigenvalue weighted by Gasteiger charge is 2.25. The summed E-state index contributed by atoms with van der Waals surface area (Å²) in [6.45, 7) is 6.36. The van der Waals surface area contributed by atoms with Crippen molar-refractivity contribution in [2.24, 2.45) is 0 Å². The van der Waals surface area contributed by atoms with Gasteiger partial charge in [0.2, 0.25) is 0 Å². The zero-order chi connectivity index (χ0) is 23.8. The number of rotatable bonds is 4. The molecule has 2 aliphatic rings. The van der Waals surface area contributed by atoms with Gasteiger partial charge < -0.3 is 19.3 Å². The number of hydrogen-bond acceptors (Lipinski definition) is 8. The summed E-state index contributed by atoms with van der Waals surface area (Å²) in [5.74, 6) is 0.767. The number of aromatic nitrogens is 5. The van der Waals surface area contributed by atoms with Crippen LogP contribution in [-0.2, 0) is 9.47 Å². The maximum absolute atomic E-state index is 16.1. The lowest BCUT2D eigenvalue weighted by Crippen LogP contribution is -2.44. The Morgan fingerprint density at radius 3 is 2.60 bits per heavy atom. The van der Waals surface area contributed by atoms with E-state index >= 15 is 4.39 Å². The summed E-state index contributed by atoms with van der Waals surface area (Å²) in [5.41, 5.74) is 3.35. The second-order valence-electron chi connectivity index (χ2n) is 8.77. The number of fused-ring (bicyclic) bond motifs is 1. The van der Waals surface area contributed by atoms with Crippen LogP contribution in [0.2, 0.25) is 0 Å². The minimum absolute atomic E-state index is 0.139. The molecule has 0 spiro atoms. The van der Waals surface area contributed by atoms with Gasteiger partial charge >= 0.3 is 0 Å². The maximum Gasteiger partial charge on any atom is 0.173 e. The number of ether oxygens (including phenoxy) is 2. The quantitative estimate of drug-likeness (QED) is 0.481. The molecule has 0 aliphatic carbocycles. The van der Waals surface area contributed by atoms with Gasteiger partial charge in [0, 0.05) is 49.2 Å². The van der Waals surface area contributed by atoms with Crippen molar-refractivity contribution in [2.75, 3.05) is 55.9 Å². The van der Waals surface area contributed by atoms with Crippen LogP contribution < -0.4 is 9.80 Å². The zero-order valence-electron chi connectivity index (χ0n) is 19.4. The average molecular weight is 476 g/mol. The topological polar surface area (TPSA) is 92.3 Å². The van der Waals surface area contributed by atoms with E-state index in [-0.39, 0.29) is 11.9 Å². The second kappa shape index (κ2) is 9.20. The van der Waals surface area contributed by atoms with Crippen molar-refractivity contribution < 1.29 is 13.9 Å². The molecule has 6 heterocycles. The van der Waals surface area contributed by atoms with Crippen LogP contribution in [0.5, 0.6) is 0 Å². The van der Waals surface area contributed by atoms with E-state index in [1.807, 2.05) is 23.1 Å². The second-order valence-corrected chi connectivity index (χ2v) is 8.77. The third-order valence-electron chi connectivity index (χ3n) is 6.60. The van der Waals surface area contributed by atoms with Crippen molar-refractivity contribution in [3.8, 4) is 22.5 Å². The molecule has 35 heavy (non-hydrogen) atoms. The van der Waals surface area contributed by atoms with Gasteiger partial charge in [-0.2, -0.15) is 5.10 Å². The van der Waals surface area contributed by atoms with Crippen LogP contribution in [0.15, 0.2) is 42.9 Å². The minimum atomic E-state index is -0.345. The summed E-state index contributed by atoms with van der Waals surface area (Å²) in [5, 5.41) is 7.88. The highest BCUT2D eigenvalue weighted by molar-refractivity contribution is 6.01. The average Bonchev–Trinajstić information content (AvgIpc) is 3.44. The van der Waals surface area contributed by atoms with E-state index in [0.29, 0.717) is 68.7 Å². The first-order valence-corrected chi connectivity index (χ1v) is 11.8. The Kier molecular flexibility index (Phi) is 5.75. The number of halogens is 1. The molecule has 2 fully saturated rings. The summed E-state index contributed by atoms with van der Waals surface area (Å²) >= 11 is 0. The van der Waals surface area contributed by atoms with E-state index in [1.165, 1.54) is 0 Å². The molecule has 0 saturated carbocycles. The normalized spacial score (nSPS) is 18.9. The lowest BCUT2D eigenvalue weighted by atomic mass is 10.00. The molecule has 4 aromatic rings. The molecule has 0 radical (unpaired) electrons. The molecule has 0 aromatic carbocycles. The minimum Gasteiger partial charge on any atom is -0.378 e. The van der Waals surface area contributed by atoms with Gasteiger partial charge in [-0.15, -0.1) is 0 Å². The molecule has 2 saturated heterocycles. The first-order valence-electron chi connectivity index (χ1n) is 11.8. The first-order chi connectivity index (χ1) is 17.2. The molecule has 9 nitrogen and oxygen atoms in total. The van der Waals surface area contributed by atoms with E-state index in [0.717, 1.165) is 22.5 Å². The molecule has 6 rings (SSSR count). The number of hydrogen-bond donors (Lipinski definition) is 1. The number of pyridine rings is 3. The highest BCUT2D eigenvalue weighted by Crippen LogP contribution is 2.38. The number of morpholine rings is 2. The van der Waals surface area contributed by atoms with Crippen LogP contribution in [0, 0.1) is 5.82 Å². The van der Waals surface area contributed by atoms with Gasteiger partial charge in [0.05, 0.1) is 38.2 Å². The summed E-state index contributed by atoms with van der Waals surface area (Å²) in [7, 11) is 0. The summed E-state index contributed by atoms with van der Waals surface area (Å²) in [6, 6.07) is 7.59. The Labute approximate surface area is 201 Å². The molecule has 4 aromatic heterocycles. The molecule has 180 valence electrons. The van der Waals surface area contributed by atoms with Crippen molar-refractivity contribution in [1.29, 1.82) is 0 Å². The molecule has 2 aliphatic heterocycles. The first kappa shape index (κ1) is 21.9. The van der Waals surface area contributed by atoms with Crippen molar-refractivity contribution in [3.05, 3.63) is 48.7 Å². The van der Waals surface area contributed by atoms with Gasteiger partial charge in [-0.3, -0.25) is 10.1 Å². The SMILES string of the molecule is C[C@@H]1COCCN1c1cc(-c2ccnc(N3CCOCC3)c2F)c2ccnc(-c3ccn[nH]3)c2n1. The highest BCUT2D eigenvalue weighted by atomic mass is 19.1. The molecule has 1 N–H and O–H groups in total. The van der Waals surface area contributed by atoms with Crippen LogP contribution >= 0.6 is 0 Å². The smallest absolute Gasteiger partial charge is 0.173 e. The molecule has 10 heteroatoms. The molecule has 0 amide bonds. The summed E-state index contributed by atoms with van der Waals surface area (Å²) in [6.07, 6.45) is 5.08. The van der Waals surface area contributed by atoms with Gasteiger partial charge in [-0.25, -0.2) is 14.4 Å². The van der Waals surface area contributed by atoms with Crippen LogP contribution in [0.1, 0.15) is 6.92 Å². The maximum atomic E-state index is 16.1. The Hall–Kier alpha value is -3.63. The molecule has 1 atom stereocenters. The number of aromatic amines is 1. The fourth-order valence-electron chi connectivity index (χ4n) is 4.80. The lowest BCUT2D eigenvalue weighted by molar-refractivity contribution is 0.0986. The predicted molar refractivity (Wildman–Crippen MR) is 131 cm³/mol. The fourth-order valence-corrected chi connectivity index (χ4v) is 4.80. The Morgan fingerprint density at radius 2 is 1.80 bits per heavy atom. The fraction of sp³-hybridized carbons (Fsp3) is 0.360. The predicted octanol–water partition coefficient (Wildman–Crippen LogP) is 3.28. The van der Waals surface area contributed by atoms with Crippen LogP contribution in [0.3, 0.4) is 0 Å². The van der Waals surface area contributed by atoms with Crippen molar-refractivity contribution in [3.63, 3.8) is 0 Å². The largest absolute Gasteiger partial charge is 0.378 e. The Balaban J connectivity index is 1.57. The number of H-pyrrole nitrogens is 1. The molecule has 0 bridgehead atoms. The monoisotopic (exact) mass is 475 g/mol. The van der Waals surface area contributed by atoms with E-state index in [1.54, 1.807) is 24.7 Å². The summed E-state index contributed by atoms with van der Waals surface area (Å²) in [4.78, 5) is 18.1. The standard InChI is InChI=1S/C25H26FN7O2/c1-16-15-35-13-10-33(16)21-14-19(17-2-6-28-25(22(17)26)32-8-11-34-12-9-32)18-3-5-27-24(23(18)30-21)20-4-7-29-31-20/h2-7,14,16H,8-13,15H2,1H3,(H,29,31)/t16-/m1/s1. The summed E-state index contributed by atoms with van der Waals surface area (Å²) < 4.78 is 27.2. The number of anilines is 2. The molecule has 0 unspecified atom stereocenters. The van der Waals surface area contributed by atoms with Crippen molar-refractivity contribution in [2.45, 2.75) is 13.0 Å². The Morgan fingerprint density at radius 1 is 0.971 bits per heavy atom. The van der Waals surface area contributed by atoms with Crippen molar-refractivity contribution in [1.82, 2.24) is 25.1 Å². The Bertz CT molecular complexity index is 1340.